The van der Waals surface area contributed by atoms with Crippen LogP contribution in [0.15, 0.2) is 30.3 Å². The van der Waals surface area contributed by atoms with E-state index in [1.807, 2.05) is 44.2 Å². The van der Waals surface area contributed by atoms with Crippen molar-refractivity contribution in [3.63, 3.8) is 0 Å². The molecule has 0 unspecified atom stereocenters. The molecule has 0 aliphatic carbocycles. The van der Waals surface area contributed by atoms with Crippen LogP contribution < -0.4 is 16.2 Å². The van der Waals surface area contributed by atoms with Crippen LogP contribution in [0.1, 0.15) is 13.8 Å². The van der Waals surface area contributed by atoms with Gasteiger partial charge in [-0.1, -0.05) is 32.0 Å². The zero-order valence-electron chi connectivity index (χ0n) is 8.79. The van der Waals surface area contributed by atoms with Crippen molar-refractivity contribution in [3.8, 4) is 0 Å². The van der Waals surface area contributed by atoms with E-state index in [2.05, 4.69) is 16.2 Å². The Hall–Kier alpha value is -1.71. The molecule has 0 saturated carbocycles. The van der Waals surface area contributed by atoms with Gasteiger partial charge in [0.25, 0.3) is 0 Å². The molecule has 2 amide bonds. The van der Waals surface area contributed by atoms with E-state index < -0.39 is 0 Å². The Morgan fingerprint density at radius 3 is 2.21 bits per heavy atom. The average Bonchev–Trinajstić information content (AvgIpc) is 2.30. The van der Waals surface area contributed by atoms with E-state index in [0.717, 1.165) is 5.69 Å². The van der Waals surface area contributed by atoms with Crippen LogP contribution in [0.4, 0.5) is 10.5 Å². The summed E-state index contributed by atoms with van der Waals surface area (Å²) in [6.07, 6.45) is 0. The summed E-state index contributed by atoms with van der Waals surface area (Å²) in [5.41, 5.74) is 6.03. The summed E-state index contributed by atoms with van der Waals surface area (Å²) in [5, 5.41) is 2.42. The van der Waals surface area contributed by atoms with Crippen molar-refractivity contribution >= 4 is 11.7 Å². The van der Waals surface area contributed by atoms with E-state index >= 15 is 0 Å². The molecule has 78 valence electrons. The molecule has 4 nitrogen and oxygen atoms in total. The maximum Gasteiger partial charge on any atom is 0.333 e. The van der Waals surface area contributed by atoms with E-state index in [9.17, 15) is 4.79 Å². The van der Waals surface area contributed by atoms with Crippen molar-refractivity contribution in [2.75, 3.05) is 12.5 Å². The fourth-order valence-electron chi connectivity index (χ4n) is 0.713. The van der Waals surface area contributed by atoms with Crippen molar-refractivity contribution in [1.29, 1.82) is 0 Å². The van der Waals surface area contributed by atoms with Crippen LogP contribution in [0, 0.1) is 0 Å². The number of carbonyl (C=O) groups is 1. The summed E-state index contributed by atoms with van der Waals surface area (Å²) in [6.45, 7) is 4.00. The van der Waals surface area contributed by atoms with Crippen molar-refractivity contribution in [3.05, 3.63) is 30.3 Å². The first kappa shape index (κ1) is 12.3. The Bertz CT molecular complexity index is 249. The minimum absolute atomic E-state index is 0.265. The number of anilines is 1. The van der Waals surface area contributed by atoms with Crippen molar-refractivity contribution in [1.82, 2.24) is 10.7 Å². The first-order valence-electron chi connectivity index (χ1n) is 4.61. The summed E-state index contributed by atoms with van der Waals surface area (Å²) >= 11 is 0. The fraction of sp³-hybridized carbons (Fsp3) is 0.300. The number of rotatable bonds is 2. The second-order valence-corrected chi connectivity index (χ2v) is 2.20. The smallest absolute Gasteiger partial charge is 0.333 e. The van der Waals surface area contributed by atoms with Gasteiger partial charge in [-0.05, 0) is 12.1 Å². The lowest BCUT2D eigenvalue weighted by molar-refractivity contribution is 0.245. The molecule has 0 radical (unpaired) electrons. The van der Waals surface area contributed by atoms with Gasteiger partial charge in [0.05, 0.1) is 5.69 Å². The number of urea groups is 1. The van der Waals surface area contributed by atoms with Gasteiger partial charge < -0.3 is 5.32 Å². The van der Waals surface area contributed by atoms with E-state index in [1.165, 1.54) is 0 Å². The van der Waals surface area contributed by atoms with Gasteiger partial charge in [-0.3, -0.25) is 10.9 Å². The number of hydrogen-bond donors (Lipinski definition) is 3. The van der Waals surface area contributed by atoms with Crippen LogP contribution in [0.3, 0.4) is 0 Å². The van der Waals surface area contributed by atoms with Crippen LogP contribution in [0.2, 0.25) is 0 Å². The summed E-state index contributed by atoms with van der Waals surface area (Å²) < 4.78 is 0. The molecule has 0 aliphatic heterocycles. The van der Waals surface area contributed by atoms with Gasteiger partial charge in [0.15, 0.2) is 0 Å². The number of amides is 2. The molecule has 1 aromatic carbocycles. The first-order valence-corrected chi connectivity index (χ1v) is 4.61. The highest BCUT2D eigenvalue weighted by atomic mass is 16.2. The molecule has 14 heavy (non-hydrogen) atoms. The highest BCUT2D eigenvalue weighted by Gasteiger charge is 1.92. The molecule has 0 bridgehead atoms. The van der Waals surface area contributed by atoms with Crippen molar-refractivity contribution in [2.24, 2.45) is 0 Å². The first-order chi connectivity index (χ1) is 6.83. The molecule has 0 heterocycles. The van der Waals surface area contributed by atoms with Crippen LogP contribution >= 0.6 is 0 Å². The summed E-state index contributed by atoms with van der Waals surface area (Å²) in [4.78, 5) is 10.7. The van der Waals surface area contributed by atoms with Gasteiger partial charge in [-0.15, -0.1) is 0 Å². The molecule has 4 heteroatoms. The second-order valence-electron chi connectivity index (χ2n) is 2.20. The molecule has 0 spiro atoms. The molecule has 0 saturated heterocycles. The van der Waals surface area contributed by atoms with Crippen LogP contribution in [0.25, 0.3) is 0 Å². The number of para-hydroxylation sites is 1. The number of carbonyl (C=O) groups excluding carboxylic acids is 1. The predicted molar refractivity (Wildman–Crippen MR) is 59.0 cm³/mol. The topological polar surface area (TPSA) is 53.2 Å². The maximum atomic E-state index is 10.7. The van der Waals surface area contributed by atoms with Gasteiger partial charge in [0.2, 0.25) is 0 Å². The molecule has 0 aromatic heterocycles. The third-order valence-corrected chi connectivity index (χ3v) is 1.32. The maximum absolute atomic E-state index is 10.7. The lowest BCUT2D eigenvalue weighted by Crippen LogP contribution is -2.36. The van der Waals surface area contributed by atoms with Gasteiger partial charge in [0, 0.05) is 7.05 Å². The van der Waals surface area contributed by atoms with Crippen LogP contribution in [0.5, 0.6) is 0 Å². The number of nitrogens with one attached hydrogen (secondary N) is 3. The minimum atomic E-state index is -0.265. The van der Waals surface area contributed by atoms with Gasteiger partial charge >= 0.3 is 6.03 Å². The van der Waals surface area contributed by atoms with Crippen LogP contribution in [-0.2, 0) is 0 Å². The van der Waals surface area contributed by atoms with E-state index in [0.29, 0.717) is 0 Å². The summed E-state index contributed by atoms with van der Waals surface area (Å²) in [7, 11) is 1.56. The monoisotopic (exact) mass is 195 g/mol. The molecule has 1 aromatic rings. The quantitative estimate of drug-likeness (QED) is 0.632. The molecule has 0 atom stereocenters. The zero-order chi connectivity index (χ0) is 10.8. The Morgan fingerprint density at radius 1 is 1.14 bits per heavy atom. The Kier molecular flexibility index (Phi) is 6.95. The molecular formula is C10H17N3O. The largest absolute Gasteiger partial charge is 0.340 e. The van der Waals surface area contributed by atoms with Crippen molar-refractivity contribution < 1.29 is 4.79 Å². The second kappa shape index (κ2) is 7.91. The SMILES string of the molecule is CC.CNC(=O)NNc1ccccc1. The third-order valence-electron chi connectivity index (χ3n) is 1.32. The highest BCUT2D eigenvalue weighted by molar-refractivity contribution is 5.74. The predicted octanol–water partition coefficient (Wildman–Crippen LogP) is 1.97. The average molecular weight is 195 g/mol. The highest BCUT2D eigenvalue weighted by Crippen LogP contribution is 2.01. The van der Waals surface area contributed by atoms with Crippen LogP contribution in [-0.4, -0.2) is 13.1 Å². The van der Waals surface area contributed by atoms with E-state index in [-0.39, 0.29) is 6.03 Å². The molecular weight excluding hydrogens is 178 g/mol. The van der Waals surface area contributed by atoms with Gasteiger partial charge in [0.1, 0.15) is 0 Å². The lowest BCUT2D eigenvalue weighted by atomic mass is 10.3. The third kappa shape index (κ3) is 5.03. The van der Waals surface area contributed by atoms with Crippen molar-refractivity contribution in [2.45, 2.75) is 13.8 Å². The van der Waals surface area contributed by atoms with Gasteiger partial charge in [-0.25, -0.2) is 4.79 Å². The summed E-state index contributed by atoms with van der Waals surface area (Å²) in [5.74, 6) is 0. The van der Waals surface area contributed by atoms with E-state index in [1.54, 1.807) is 7.05 Å². The van der Waals surface area contributed by atoms with Gasteiger partial charge in [-0.2, -0.15) is 0 Å². The molecule has 1 rings (SSSR count). The summed E-state index contributed by atoms with van der Waals surface area (Å²) in [6, 6.07) is 9.12. The number of hydrogen-bond acceptors (Lipinski definition) is 2. The Balaban J connectivity index is 0.000000791. The Labute approximate surface area is 84.7 Å². The molecule has 0 aliphatic rings. The fourth-order valence-corrected chi connectivity index (χ4v) is 0.713. The lowest BCUT2D eigenvalue weighted by Gasteiger charge is -2.06. The van der Waals surface area contributed by atoms with E-state index in [4.69, 9.17) is 0 Å². The molecule has 0 fully saturated rings. The number of benzene rings is 1. The minimum Gasteiger partial charge on any atom is -0.340 e. The zero-order valence-corrected chi connectivity index (χ0v) is 8.79. The molecule has 3 N–H and O–H groups in total. The standard InChI is InChI=1S/C8H11N3O.C2H6/c1-9-8(12)11-10-7-5-3-2-4-6-7;1-2/h2-6,10H,1H3,(H2,9,11,12);1-2H3. The Morgan fingerprint density at radius 2 is 1.71 bits per heavy atom. The normalized spacial score (nSPS) is 7.93. The number of hydrazine groups is 1.